The van der Waals surface area contributed by atoms with E-state index in [1.165, 1.54) is 5.56 Å². The SMILES string of the molecule is CC(C)SC1(Cc2ccccc2)CCCS1=O. The summed E-state index contributed by atoms with van der Waals surface area (Å²) >= 11 is 1.91. The molecule has 2 rings (SSSR count). The van der Waals surface area contributed by atoms with E-state index in [9.17, 15) is 4.21 Å². The Kier molecular flexibility index (Phi) is 4.31. The summed E-state index contributed by atoms with van der Waals surface area (Å²) in [6.07, 6.45) is 3.15. The Morgan fingerprint density at radius 2 is 2.06 bits per heavy atom. The summed E-state index contributed by atoms with van der Waals surface area (Å²) in [5, 5.41) is 0.542. The van der Waals surface area contributed by atoms with Gasteiger partial charge in [0.25, 0.3) is 0 Å². The summed E-state index contributed by atoms with van der Waals surface area (Å²) in [4.78, 5) is 0. The van der Waals surface area contributed by atoms with Gasteiger partial charge >= 0.3 is 0 Å². The van der Waals surface area contributed by atoms with Gasteiger partial charge in [0.1, 0.15) is 0 Å². The summed E-state index contributed by atoms with van der Waals surface area (Å²) in [5.41, 5.74) is 1.32. The molecule has 3 heteroatoms. The molecule has 1 aromatic rings. The number of benzene rings is 1. The molecule has 94 valence electrons. The van der Waals surface area contributed by atoms with E-state index in [-0.39, 0.29) is 4.08 Å². The molecule has 0 amide bonds. The first-order valence-electron chi connectivity index (χ1n) is 6.23. The van der Waals surface area contributed by atoms with Crippen molar-refractivity contribution in [1.29, 1.82) is 0 Å². The third-order valence-electron chi connectivity index (χ3n) is 3.07. The first-order valence-corrected chi connectivity index (χ1v) is 8.42. The Hall–Kier alpha value is -0.280. The van der Waals surface area contributed by atoms with Crippen LogP contribution in [-0.2, 0) is 17.2 Å². The quantitative estimate of drug-likeness (QED) is 0.830. The molecule has 2 atom stereocenters. The molecule has 1 aliphatic heterocycles. The highest BCUT2D eigenvalue weighted by atomic mass is 32.2. The molecule has 0 saturated carbocycles. The zero-order chi connectivity index (χ0) is 12.3. The lowest BCUT2D eigenvalue weighted by Gasteiger charge is -2.29. The predicted octanol–water partition coefficient (Wildman–Crippen LogP) is 3.61. The fourth-order valence-electron chi connectivity index (χ4n) is 2.43. The maximum atomic E-state index is 12.3. The monoisotopic (exact) mass is 268 g/mol. The van der Waals surface area contributed by atoms with Crippen LogP contribution in [0.1, 0.15) is 32.3 Å². The summed E-state index contributed by atoms with van der Waals surface area (Å²) in [6.45, 7) is 4.40. The number of thioether (sulfide) groups is 1. The highest BCUT2D eigenvalue weighted by Crippen LogP contribution is 2.44. The minimum Gasteiger partial charge on any atom is -0.258 e. The van der Waals surface area contributed by atoms with Gasteiger partial charge in [-0.05, 0) is 24.8 Å². The van der Waals surface area contributed by atoms with Gasteiger partial charge in [0.05, 0.1) is 4.08 Å². The van der Waals surface area contributed by atoms with Crippen molar-refractivity contribution in [1.82, 2.24) is 0 Å². The Morgan fingerprint density at radius 3 is 2.59 bits per heavy atom. The Labute approximate surface area is 111 Å². The van der Waals surface area contributed by atoms with Crippen molar-refractivity contribution in [2.75, 3.05) is 5.75 Å². The third-order valence-corrected chi connectivity index (χ3v) is 7.00. The molecule has 17 heavy (non-hydrogen) atoms. The largest absolute Gasteiger partial charge is 0.258 e. The second-order valence-electron chi connectivity index (χ2n) is 4.89. The molecule has 1 nitrogen and oxygen atoms in total. The van der Waals surface area contributed by atoms with Gasteiger partial charge in [-0.1, -0.05) is 44.2 Å². The molecule has 0 radical (unpaired) electrons. The molecule has 1 saturated heterocycles. The van der Waals surface area contributed by atoms with Gasteiger partial charge in [0.15, 0.2) is 0 Å². The molecule has 0 aliphatic carbocycles. The van der Waals surface area contributed by atoms with Gasteiger partial charge in [-0.15, -0.1) is 11.8 Å². The molecule has 0 aromatic heterocycles. The van der Waals surface area contributed by atoms with E-state index in [0.29, 0.717) is 5.25 Å². The van der Waals surface area contributed by atoms with Crippen LogP contribution >= 0.6 is 11.8 Å². The third kappa shape index (κ3) is 3.14. The van der Waals surface area contributed by atoms with Crippen molar-refractivity contribution in [2.45, 2.75) is 42.4 Å². The van der Waals surface area contributed by atoms with E-state index >= 15 is 0 Å². The first kappa shape index (κ1) is 13.2. The lowest BCUT2D eigenvalue weighted by atomic mass is 10.1. The van der Waals surface area contributed by atoms with E-state index in [0.717, 1.165) is 25.0 Å². The average molecular weight is 268 g/mol. The van der Waals surface area contributed by atoms with Crippen LogP contribution in [0.2, 0.25) is 0 Å². The Morgan fingerprint density at radius 1 is 1.35 bits per heavy atom. The molecule has 1 aliphatic rings. The van der Waals surface area contributed by atoms with Gasteiger partial charge in [0.2, 0.25) is 0 Å². The summed E-state index contributed by atoms with van der Waals surface area (Å²) in [5.74, 6) is 0.882. The predicted molar refractivity (Wildman–Crippen MR) is 77.8 cm³/mol. The van der Waals surface area contributed by atoms with Crippen LogP contribution < -0.4 is 0 Å². The number of hydrogen-bond donors (Lipinski definition) is 0. The molecule has 0 N–H and O–H groups in total. The van der Waals surface area contributed by atoms with Crippen molar-refractivity contribution in [3.05, 3.63) is 35.9 Å². The second kappa shape index (κ2) is 5.57. The van der Waals surface area contributed by atoms with E-state index in [4.69, 9.17) is 0 Å². The van der Waals surface area contributed by atoms with Crippen LogP contribution in [-0.4, -0.2) is 19.3 Å². The van der Waals surface area contributed by atoms with Crippen LogP contribution in [0.4, 0.5) is 0 Å². The van der Waals surface area contributed by atoms with Crippen LogP contribution in [0.25, 0.3) is 0 Å². The van der Waals surface area contributed by atoms with Gasteiger partial charge < -0.3 is 0 Å². The molecule has 1 aromatic carbocycles. The topological polar surface area (TPSA) is 17.1 Å². The van der Waals surface area contributed by atoms with Gasteiger partial charge in [-0.3, -0.25) is 4.21 Å². The second-order valence-corrected chi connectivity index (χ2v) is 8.99. The normalized spacial score (nSPS) is 28.8. The van der Waals surface area contributed by atoms with Gasteiger partial charge in [-0.25, -0.2) is 0 Å². The standard InChI is InChI=1S/C14H20OS2/c1-12(2)16-14(9-6-10-17(14)15)11-13-7-4-3-5-8-13/h3-5,7-8,12H,6,9-11H2,1-2H3. The van der Waals surface area contributed by atoms with E-state index in [1.807, 2.05) is 17.8 Å². The zero-order valence-electron chi connectivity index (χ0n) is 10.5. The zero-order valence-corrected chi connectivity index (χ0v) is 12.2. The number of hydrogen-bond acceptors (Lipinski definition) is 2. The highest BCUT2D eigenvalue weighted by Gasteiger charge is 2.42. The number of rotatable bonds is 4. The maximum absolute atomic E-state index is 12.3. The van der Waals surface area contributed by atoms with E-state index in [1.54, 1.807) is 0 Å². The fourth-order valence-corrected chi connectivity index (χ4v) is 6.54. The van der Waals surface area contributed by atoms with Crippen LogP contribution in [0.3, 0.4) is 0 Å². The van der Waals surface area contributed by atoms with Gasteiger partial charge in [-0.2, -0.15) is 0 Å². The van der Waals surface area contributed by atoms with Crippen molar-refractivity contribution >= 4 is 22.6 Å². The van der Waals surface area contributed by atoms with Crippen LogP contribution in [0, 0.1) is 0 Å². The fraction of sp³-hybridized carbons (Fsp3) is 0.571. The summed E-state index contributed by atoms with van der Waals surface area (Å²) in [6, 6.07) is 10.5. The van der Waals surface area contributed by atoms with Crippen molar-refractivity contribution < 1.29 is 4.21 Å². The maximum Gasteiger partial charge on any atom is 0.0951 e. The van der Waals surface area contributed by atoms with Crippen LogP contribution in [0.15, 0.2) is 30.3 Å². The van der Waals surface area contributed by atoms with Crippen molar-refractivity contribution in [2.24, 2.45) is 0 Å². The first-order chi connectivity index (χ1) is 8.12. The molecular formula is C14H20OS2. The molecule has 1 fully saturated rings. The smallest absolute Gasteiger partial charge is 0.0951 e. The van der Waals surface area contributed by atoms with Crippen molar-refractivity contribution in [3.8, 4) is 0 Å². The summed E-state index contributed by atoms with van der Waals surface area (Å²) in [7, 11) is -0.677. The molecule has 0 spiro atoms. The summed E-state index contributed by atoms with van der Waals surface area (Å²) < 4.78 is 12.3. The minimum absolute atomic E-state index is 0.0322. The van der Waals surface area contributed by atoms with E-state index in [2.05, 4.69) is 38.1 Å². The van der Waals surface area contributed by atoms with Crippen LogP contribution in [0.5, 0.6) is 0 Å². The lowest BCUT2D eigenvalue weighted by molar-refractivity contribution is 0.661. The minimum atomic E-state index is -0.677. The average Bonchev–Trinajstić information content (AvgIpc) is 2.61. The highest BCUT2D eigenvalue weighted by molar-refractivity contribution is 8.13. The Bertz CT molecular complexity index is 388. The molecular weight excluding hydrogens is 248 g/mol. The lowest BCUT2D eigenvalue weighted by Crippen LogP contribution is -2.30. The molecule has 0 bridgehead atoms. The van der Waals surface area contributed by atoms with Crippen molar-refractivity contribution in [3.63, 3.8) is 0 Å². The molecule has 1 heterocycles. The van der Waals surface area contributed by atoms with Gasteiger partial charge in [0, 0.05) is 21.8 Å². The molecule has 2 unspecified atom stereocenters. The Balaban J connectivity index is 2.19. The van der Waals surface area contributed by atoms with E-state index < -0.39 is 10.8 Å².